The summed E-state index contributed by atoms with van der Waals surface area (Å²) in [6, 6.07) is 8.13. The van der Waals surface area contributed by atoms with E-state index < -0.39 is 0 Å². The highest BCUT2D eigenvalue weighted by molar-refractivity contribution is 6.03. The lowest BCUT2D eigenvalue weighted by atomic mass is 9.82. The fraction of sp³-hybridized carbons (Fsp3) is 0.611. The molecule has 0 amide bonds. The first-order valence-electron chi connectivity index (χ1n) is 7.98. The normalized spacial score (nSPS) is 11.9. The van der Waals surface area contributed by atoms with Crippen molar-refractivity contribution >= 4 is 5.78 Å². The quantitative estimate of drug-likeness (QED) is 0.658. The Bertz CT molecular complexity index is 414. The number of aryl methyl sites for hydroxylation is 1. The van der Waals surface area contributed by atoms with Gasteiger partial charge in [0.15, 0.2) is 5.78 Å². The molecule has 0 aliphatic rings. The van der Waals surface area contributed by atoms with Gasteiger partial charge in [-0.3, -0.25) is 9.69 Å². The zero-order chi connectivity index (χ0) is 15.2. The molecular weight excluding hydrogens is 246 g/mol. The lowest BCUT2D eigenvalue weighted by molar-refractivity contribution is 0.0535. The Hall–Kier alpha value is -1.15. The van der Waals surface area contributed by atoms with Crippen LogP contribution in [0.3, 0.4) is 0 Å². The van der Waals surface area contributed by atoms with E-state index in [9.17, 15) is 4.79 Å². The standard InChI is InChI=1S/C18H29NO/c1-6-15-11-13-16(14-12-15)17(20)18(7-2,8-3)19(9-4)10-5/h11-14H,6-10H2,1-5H3. The number of hydrogen-bond donors (Lipinski definition) is 0. The number of hydrogen-bond acceptors (Lipinski definition) is 2. The minimum Gasteiger partial charge on any atom is -0.292 e. The summed E-state index contributed by atoms with van der Waals surface area (Å²) in [5.41, 5.74) is 1.78. The summed E-state index contributed by atoms with van der Waals surface area (Å²) in [4.78, 5) is 15.4. The van der Waals surface area contributed by atoms with Gasteiger partial charge < -0.3 is 0 Å². The second-order valence-corrected chi connectivity index (χ2v) is 5.29. The molecule has 0 radical (unpaired) electrons. The number of ketones is 1. The van der Waals surface area contributed by atoms with Gasteiger partial charge in [0.05, 0.1) is 5.54 Å². The second kappa shape index (κ2) is 7.58. The van der Waals surface area contributed by atoms with Crippen molar-refractivity contribution in [1.82, 2.24) is 4.90 Å². The zero-order valence-corrected chi connectivity index (χ0v) is 13.7. The molecule has 0 spiro atoms. The Balaban J connectivity index is 3.15. The first-order valence-corrected chi connectivity index (χ1v) is 7.98. The first-order chi connectivity index (χ1) is 9.59. The van der Waals surface area contributed by atoms with Crippen molar-refractivity contribution in [2.75, 3.05) is 13.1 Å². The van der Waals surface area contributed by atoms with Crippen LogP contribution in [0, 0.1) is 0 Å². The second-order valence-electron chi connectivity index (χ2n) is 5.29. The third-order valence-electron chi connectivity index (χ3n) is 4.59. The molecule has 2 nitrogen and oxygen atoms in total. The third-order valence-corrected chi connectivity index (χ3v) is 4.59. The molecule has 0 unspecified atom stereocenters. The number of carbonyl (C=O) groups is 1. The molecule has 1 aromatic carbocycles. The van der Waals surface area contributed by atoms with Gasteiger partial charge in [0.1, 0.15) is 0 Å². The van der Waals surface area contributed by atoms with Crippen molar-refractivity contribution in [2.24, 2.45) is 0 Å². The van der Waals surface area contributed by atoms with Gasteiger partial charge in [-0.2, -0.15) is 0 Å². The van der Waals surface area contributed by atoms with Crippen molar-refractivity contribution in [3.05, 3.63) is 35.4 Å². The van der Waals surface area contributed by atoms with Crippen molar-refractivity contribution in [3.8, 4) is 0 Å². The number of benzene rings is 1. The summed E-state index contributed by atoms with van der Waals surface area (Å²) in [5, 5.41) is 0. The maximum Gasteiger partial charge on any atom is 0.183 e. The minimum atomic E-state index is -0.350. The molecule has 1 rings (SSSR count). The molecule has 0 aliphatic heterocycles. The zero-order valence-electron chi connectivity index (χ0n) is 13.7. The highest BCUT2D eigenvalue weighted by atomic mass is 16.1. The molecular formula is C18H29NO. The van der Waals surface area contributed by atoms with Crippen molar-refractivity contribution in [1.29, 1.82) is 0 Å². The molecule has 112 valence electrons. The minimum absolute atomic E-state index is 0.272. The summed E-state index contributed by atoms with van der Waals surface area (Å²) in [7, 11) is 0. The smallest absolute Gasteiger partial charge is 0.183 e. The van der Waals surface area contributed by atoms with E-state index in [1.165, 1.54) is 5.56 Å². The van der Waals surface area contributed by atoms with Crippen molar-refractivity contribution in [2.45, 2.75) is 59.4 Å². The molecule has 0 saturated heterocycles. The largest absolute Gasteiger partial charge is 0.292 e. The van der Waals surface area contributed by atoms with Gasteiger partial charge in [-0.25, -0.2) is 0 Å². The average Bonchev–Trinajstić information content (AvgIpc) is 2.52. The van der Waals surface area contributed by atoms with Crippen LogP contribution in [0.25, 0.3) is 0 Å². The van der Waals surface area contributed by atoms with Crippen molar-refractivity contribution < 1.29 is 4.79 Å². The summed E-state index contributed by atoms with van der Waals surface area (Å²) in [5.74, 6) is 0.272. The number of likely N-dealkylation sites (N-methyl/N-ethyl adjacent to an activating group) is 1. The van der Waals surface area contributed by atoms with Crippen LogP contribution < -0.4 is 0 Å². The monoisotopic (exact) mass is 275 g/mol. The molecule has 0 aromatic heterocycles. The highest BCUT2D eigenvalue weighted by Crippen LogP contribution is 2.28. The average molecular weight is 275 g/mol. The number of Topliss-reactive ketones (excluding diaryl/α,β-unsaturated/α-hetero) is 1. The molecule has 2 heteroatoms. The Morgan fingerprint density at radius 3 is 1.80 bits per heavy atom. The van der Waals surface area contributed by atoms with E-state index in [0.29, 0.717) is 0 Å². The van der Waals surface area contributed by atoms with Gasteiger partial charge in [-0.1, -0.05) is 58.9 Å². The first kappa shape index (κ1) is 16.9. The third kappa shape index (κ3) is 3.12. The van der Waals surface area contributed by atoms with E-state index in [2.05, 4.69) is 51.7 Å². The van der Waals surface area contributed by atoms with E-state index in [-0.39, 0.29) is 11.3 Å². The predicted molar refractivity (Wildman–Crippen MR) is 86.4 cm³/mol. The van der Waals surface area contributed by atoms with Gasteiger partial charge >= 0.3 is 0 Å². The SMILES string of the molecule is CCc1ccc(C(=O)C(CC)(CC)N(CC)CC)cc1. The summed E-state index contributed by atoms with van der Waals surface area (Å²) >= 11 is 0. The summed E-state index contributed by atoms with van der Waals surface area (Å²) < 4.78 is 0. The molecule has 0 aliphatic carbocycles. The Labute approximate surface area is 124 Å². The molecule has 20 heavy (non-hydrogen) atoms. The van der Waals surface area contributed by atoms with Gasteiger partial charge in [-0.15, -0.1) is 0 Å². The van der Waals surface area contributed by atoms with E-state index in [4.69, 9.17) is 0 Å². The van der Waals surface area contributed by atoms with Crippen LogP contribution in [-0.2, 0) is 6.42 Å². The molecule has 1 aromatic rings. The fourth-order valence-corrected chi connectivity index (χ4v) is 3.15. The number of rotatable bonds is 8. The summed E-state index contributed by atoms with van der Waals surface area (Å²) in [6.45, 7) is 12.5. The van der Waals surface area contributed by atoms with Gasteiger partial charge in [0, 0.05) is 5.56 Å². The Morgan fingerprint density at radius 1 is 0.950 bits per heavy atom. The molecule has 0 saturated carbocycles. The van der Waals surface area contributed by atoms with Gasteiger partial charge in [0.25, 0.3) is 0 Å². The van der Waals surface area contributed by atoms with E-state index in [1.54, 1.807) is 0 Å². The molecule has 0 atom stereocenters. The fourth-order valence-electron chi connectivity index (χ4n) is 3.15. The lowest BCUT2D eigenvalue weighted by Crippen LogP contribution is -2.53. The Kier molecular flexibility index (Phi) is 6.41. The highest BCUT2D eigenvalue weighted by Gasteiger charge is 2.39. The summed E-state index contributed by atoms with van der Waals surface area (Å²) in [6.07, 6.45) is 2.73. The van der Waals surface area contributed by atoms with E-state index >= 15 is 0 Å². The maximum absolute atomic E-state index is 13.0. The Morgan fingerprint density at radius 2 is 1.45 bits per heavy atom. The number of carbonyl (C=O) groups excluding carboxylic acids is 1. The molecule has 0 bridgehead atoms. The lowest BCUT2D eigenvalue weighted by Gasteiger charge is -2.41. The van der Waals surface area contributed by atoms with E-state index in [1.807, 2.05) is 12.1 Å². The molecule has 0 fully saturated rings. The van der Waals surface area contributed by atoms with Crippen LogP contribution in [0.4, 0.5) is 0 Å². The topological polar surface area (TPSA) is 20.3 Å². The molecule has 0 N–H and O–H groups in total. The van der Waals surface area contributed by atoms with Crippen LogP contribution in [0.15, 0.2) is 24.3 Å². The van der Waals surface area contributed by atoms with Crippen molar-refractivity contribution in [3.63, 3.8) is 0 Å². The van der Waals surface area contributed by atoms with E-state index in [0.717, 1.165) is 37.9 Å². The van der Waals surface area contributed by atoms with Crippen LogP contribution >= 0.6 is 0 Å². The maximum atomic E-state index is 13.0. The van der Waals surface area contributed by atoms with Crippen LogP contribution in [0.2, 0.25) is 0 Å². The molecule has 0 heterocycles. The van der Waals surface area contributed by atoms with Crippen LogP contribution in [0.5, 0.6) is 0 Å². The number of nitrogens with zero attached hydrogens (tertiary/aromatic N) is 1. The van der Waals surface area contributed by atoms with Crippen LogP contribution in [0.1, 0.15) is 63.4 Å². The van der Waals surface area contributed by atoms with Crippen LogP contribution in [-0.4, -0.2) is 29.3 Å². The predicted octanol–water partition coefficient (Wildman–Crippen LogP) is 4.33. The van der Waals surface area contributed by atoms with Gasteiger partial charge in [-0.05, 0) is 37.9 Å². The van der Waals surface area contributed by atoms with Gasteiger partial charge in [0.2, 0.25) is 0 Å².